The van der Waals surface area contributed by atoms with E-state index < -0.39 is 0 Å². The van der Waals surface area contributed by atoms with E-state index in [2.05, 4.69) is 20.2 Å². The van der Waals surface area contributed by atoms with Gasteiger partial charge in [0, 0.05) is 31.5 Å². The molecule has 27 heavy (non-hydrogen) atoms. The minimum absolute atomic E-state index is 0.0507. The van der Waals surface area contributed by atoms with Crippen molar-refractivity contribution in [1.29, 1.82) is 0 Å². The summed E-state index contributed by atoms with van der Waals surface area (Å²) in [7, 11) is 0. The van der Waals surface area contributed by atoms with Crippen molar-refractivity contribution in [2.45, 2.75) is 25.8 Å². The minimum atomic E-state index is -0.375. The van der Waals surface area contributed by atoms with Gasteiger partial charge in [0.25, 0.3) is 5.91 Å². The second kappa shape index (κ2) is 6.88. The number of aromatic nitrogens is 2. The SMILES string of the molecule is Cc1ccnc2c(C(=O)Nc3cnccc3N3CCC[C@H](N)C3)c(N)oc12. The highest BCUT2D eigenvalue weighted by molar-refractivity contribution is 6.15. The summed E-state index contributed by atoms with van der Waals surface area (Å²) >= 11 is 0. The predicted molar refractivity (Wildman–Crippen MR) is 105 cm³/mol. The summed E-state index contributed by atoms with van der Waals surface area (Å²) in [4.78, 5) is 23.5. The van der Waals surface area contributed by atoms with Crippen molar-refractivity contribution >= 4 is 34.3 Å². The van der Waals surface area contributed by atoms with Crippen LogP contribution in [0.5, 0.6) is 0 Å². The number of carbonyl (C=O) groups excluding carboxylic acids is 1. The number of amides is 1. The molecule has 4 rings (SSSR count). The number of nitrogens with zero attached hydrogens (tertiary/aromatic N) is 3. The third kappa shape index (κ3) is 3.19. The number of piperidine rings is 1. The average Bonchev–Trinajstić information content (AvgIpc) is 2.99. The number of anilines is 3. The Balaban J connectivity index is 1.67. The lowest BCUT2D eigenvalue weighted by atomic mass is 10.1. The van der Waals surface area contributed by atoms with Crippen molar-refractivity contribution < 1.29 is 9.21 Å². The van der Waals surface area contributed by atoms with Gasteiger partial charge in [0.2, 0.25) is 5.88 Å². The van der Waals surface area contributed by atoms with Crippen molar-refractivity contribution in [3.05, 3.63) is 41.9 Å². The number of nitrogen functional groups attached to an aromatic ring is 1. The number of aryl methyl sites for hydroxylation is 1. The van der Waals surface area contributed by atoms with E-state index in [-0.39, 0.29) is 23.4 Å². The summed E-state index contributed by atoms with van der Waals surface area (Å²) in [5.41, 5.74) is 15.7. The van der Waals surface area contributed by atoms with Crippen molar-refractivity contribution in [1.82, 2.24) is 9.97 Å². The fourth-order valence-electron chi connectivity index (χ4n) is 3.52. The van der Waals surface area contributed by atoms with Crippen molar-refractivity contribution in [3.8, 4) is 0 Å². The molecule has 1 fully saturated rings. The fraction of sp³-hybridized carbons (Fsp3) is 0.316. The number of furan rings is 1. The monoisotopic (exact) mass is 366 g/mol. The van der Waals surface area contributed by atoms with Gasteiger partial charge < -0.3 is 26.1 Å². The average molecular weight is 366 g/mol. The summed E-state index contributed by atoms with van der Waals surface area (Å²) in [6.07, 6.45) is 6.99. The molecule has 0 saturated carbocycles. The number of nitrogens with one attached hydrogen (secondary N) is 1. The number of pyridine rings is 2. The molecule has 5 N–H and O–H groups in total. The molecule has 1 atom stereocenters. The van der Waals surface area contributed by atoms with Crippen LogP contribution >= 0.6 is 0 Å². The van der Waals surface area contributed by atoms with Crippen LogP contribution in [-0.2, 0) is 0 Å². The summed E-state index contributed by atoms with van der Waals surface area (Å²) in [5, 5.41) is 2.91. The van der Waals surface area contributed by atoms with E-state index in [0.717, 1.165) is 37.2 Å². The lowest BCUT2D eigenvalue weighted by molar-refractivity contribution is 0.102. The number of hydrogen-bond acceptors (Lipinski definition) is 7. The Bertz CT molecular complexity index is 999. The number of fused-ring (bicyclic) bond motifs is 1. The molecule has 0 radical (unpaired) electrons. The van der Waals surface area contributed by atoms with Gasteiger partial charge in [-0.25, -0.2) is 0 Å². The summed E-state index contributed by atoms with van der Waals surface area (Å²) in [6, 6.07) is 3.81. The highest BCUT2D eigenvalue weighted by Crippen LogP contribution is 2.31. The van der Waals surface area contributed by atoms with Crippen LogP contribution in [0, 0.1) is 6.92 Å². The maximum Gasteiger partial charge on any atom is 0.263 e. The number of nitrogens with two attached hydrogens (primary N) is 2. The first kappa shape index (κ1) is 17.3. The van der Waals surface area contributed by atoms with Crippen LogP contribution in [0.25, 0.3) is 11.1 Å². The second-order valence-electron chi connectivity index (χ2n) is 6.84. The Morgan fingerprint density at radius 1 is 1.37 bits per heavy atom. The van der Waals surface area contributed by atoms with E-state index in [1.165, 1.54) is 0 Å². The van der Waals surface area contributed by atoms with Gasteiger partial charge in [0.05, 0.1) is 17.6 Å². The van der Waals surface area contributed by atoms with Crippen molar-refractivity contribution in [3.63, 3.8) is 0 Å². The van der Waals surface area contributed by atoms with Crippen LogP contribution in [0.1, 0.15) is 28.8 Å². The molecule has 1 aliphatic rings. The Morgan fingerprint density at radius 3 is 3.04 bits per heavy atom. The molecule has 3 aromatic heterocycles. The first-order chi connectivity index (χ1) is 13.0. The van der Waals surface area contributed by atoms with Gasteiger partial charge in [0.15, 0.2) is 5.58 Å². The first-order valence-electron chi connectivity index (χ1n) is 8.94. The number of rotatable bonds is 3. The molecule has 1 saturated heterocycles. The zero-order valence-electron chi connectivity index (χ0n) is 15.1. The quantitative estimate of drug-likeness (QED) is 0.650. The van der Waals surface area contributed by atoms with Gasteiger partial charge in [-0.3, -0.25) is 14.8 Å². The summed E-state index contributed by atoms with van der Waals surface area (Å²) in [6.45, 7) is 3.51. The van der Waals surface area contributed by atoms with E-state index in [1.54, 1.807) is 18.6 Å². The Labute approximate surface area is 156 Å². The van der Waals surface area contributed by atoms with Crippen molar-refractivity contribution in [2.75, 3.05) is 29.0 Å². The van der Waals surface area contributed by atoms with Crippen LogP contribution in [-0.4, -0.2) is 35.0 Å². The van der Waals surface area contributed by atoms with E-state index in [4.69, 9.17) is 15.9 Å². The molecule has 0 aromatic carbocycles. The molecule has 0 spiro atoms. The normalized spacial score (nSPS) is 17.3. The van der Waals surface area contributed by atoms with Gasteiger partial charge in [0.1, 0.15) is 11.1 Å². The molecule has 8 nitrogen and oxygen atoms in total. The van der Waals surface area contributed by atoms with E-state index in [0.29, 0.717) is 16.8 Å². The number of hydrogen-bond donors (Lipinski definition) is 3. The van der Waals surface area contributed by atoms with Crippen LogP contribution in [0.15, 0.2) is 35.1 Å². The number of carbonyl (C=O) groups is 1. The van der Waals surface area contributed by atoms with Crippen molar-refractivity contribution in [2.24, 2.45) is 5.73 Å². The first-order valence-corrected chi connectivity index (χ1v) is 8.94. The zero-order chi connectivity index (χ0) is 19.0. The maximum atomic E-state index is 13.0. The predicted octanol–water partition coefficient (Wildman–Crippen LogP) is 2.29. The Hall–Kier alpha value is -3.13. The molecular weight excluding hydrogens is 344 g/mol. The lowest BCUT2D eigenvalue weighted by Crippen LogP contribution is -2.43. The Morgan fingerprint density at radius 2 is 2.22 bits per heavy atom. The zero-order valence-corrected chi connectivity index (χ0v) is 15.1. The molecule has 4 heterocycles. The van der Waals surface area contributed by atoms with Gasteiger partial charge in [-0.1, -0.05) is 0 Å². The van der Waals surface area contributed by atoms with Gasteiger partial charge in [-0.2, -0.15) is 0 Å². The minimum Gasteiger partial charge on any atom is -0.438 e. The summed E-state index contributed by atoms with van der Waals surface area (Å²) in [5.74, 6) is -0.324. The molecule has 8 heteroatoms. The third-order valence-corrected chi connectivity index (χ3v) is 4.87. The molecule has 0 unspecified atom stereocenters. The van der Waals surface area contributed by atoms with Crippen LogP contribution < -0.4 is 21.7 Å². The smallest absolute Gasteiger partial charge is 0.263 e. The molecule has 0 bridgehead atoms. The molecule has 1 aliphatic heterocycles. The third-order valence-electron chi connectivity index (χ3n) is 4.87. The molecule has 140 valence electrons. The van der Waals surface area contributed by atoms with E-state index >= 15 is 0 Å². The van der Waals surface area contributed by atoms with Gasteiger partial charge >= 0.3 is 0 Å². The molecule has 1 amide bonds. The molecule has 3 aromatic rings. The van der Waals surface area contributed by atoms with E-state index in [9.17, 15) is 4.79 Å². The van der Waals surface area contributed by atoms with Gasteiger partial charge in [-0.05, 0) is 37.5 Å². The van der Waals surface area contributed by atoms with Crippen LogP contribution in [0.3, 0.4) is 0 Å². The second-order valence-corrected chi connectivity index (χ2v) is 6.84. The molecule has 0 aliphatic carbocycles. The Kier molecular flexibility index (Phi) is 4.41. The largest absolute Gasteiger partial charge is 0.438 e. The van der Waals surface area contributed by atoms with Crippen LogP contribution in [0.2, 0.25) is 0 Å². The highest BCUT2D eigenvalue weighted by Gasteiger charge is 2.24. The summed E-state index contributed by atoms with van der Waals surface area (Å²) < 4.78 is 5.56. The van der Waals surface area contributed by atoms with E-state index in [1.807, 2.05) is 19.1 Å². The van der Waals surface area contributed by atoms with Gasteiger partial charge in [-0.15, -0.1) is 0 Å². The fourth-order valence-corrected chi connectivity index (χ4v) is 3.52. The maximum absolute atomic E-state index is 13.0. The van der Waals surface area contributed by atoms with Crippen LogP contribution in [0.4, 0.5) is 17.3 Å². The standard InChI is InChI=1S/C19H22N6O2/c1-11-4-7-23-16-15(18(21)27-17(11)16)19(26)24-13-9-22-6-5-14(13)25-8-2-3-12(20)10-25/h4-7,9,12H,2-3,8,10,20-21H2,1H3,(H,24,26)/t12-/m0/s1. The lowest BCUT2D eigenvalue weighted by Gasteiger charge is -2.33. The topological polar surface area (TPSA) is 123 Å². The molecular formula is C19H22N6O2. The highest BCUT2D eigenvalue weighted by atomic mass is 16.3.